The number of nitrogens with one attached hydrogen (secondary N) is 1. The summed E-state index contributed by atoms with van der Waals surface area (Å²) in [5.41, 5.74) is 0. The number of hydrogen-bond acceptors (Lipinski definition) is 6. The minimum atomic E-state index is -0.263. The van der Waals surface area contributed by atoms with E-state index in [2.05, 4.69) is 15.5 Å². The van der Waals surface area contributed by atoms with Crippen molar-refractivity contribution in [3.63, 3.8) is 0 Å². The molecule has 1 heterocycles. The van der Waals surface area contributed by atoms with Crippen molar-refractivity contribution in [3.05, 3.63) is 30.1 Å². The van der Waals surface area contributed by atoms with E-state index in [0.717, 1.165) is 35.3 Å². The number of amides is 1. The first-order chi connectivity index (χ1) is 14.1. The number of ether oxygens (including phenoxy) is 2. The molecule has 1 amide bonds. The molecule has 1 saturated carbocycles. The third-order valence-corrected chi connectivity index (χ3v) is 6.07. The highest BCUT2D eigenvalue weighted by molar-refractivity contribution is 7.99. The highest BCUT2D eigenvalue weighted by Gasteiger charge is 2.20. The van der Waals surface area contributed by atoms with Crippen LogP contribution in [0.15, 0.2) is 29.4 Å². The van der Waals surface area contributed by atoms with Gasteiger partial charge in [0.15, 0.2) is 17.1 Å². The molecule has 1 aliphatic carbocycles. The molecule has 3 rings (SSSR count). The fourth-order valence-electron chi connectivity index (χ4n) is 3.56. The van der Waals surface area contributed by atoms with Crippen molar-refractivity contribution >= 4 is 17.7 Å². The highest BCUT2D eigenvalue weighted by atomic mass is 32.2. The van der Waals surface area contributed by atoms with E-state index in [1.165, 1.54) is 31.0 Å². The summed E-state index contributed by atoms with van der Waals surface area (Å²) in [6, 6.07) is 7.78. The van der Waals surface area contributed by atoms with Crippen LogP contribution >= 0.6 is 11.8 Å². The molecule has 2 aromatic rings. The van der Waals surface area contributed by atoms with Gasteiger partial charge < -0.3 is 19.4 Å². The molecular formula is C21H30N4O3S. The Balaban J connectivity index is 1.57. The van der Waals surface area contributed by atoms with Crippen LogP contribution in [-0.2, 0) is 11.3 Å². The summed E-state index contributed by atoms with van der Waals surface area (Å²) in [6.45, 7) is 4.70. The van der Waals surface area contributed by atoms with Crippen molar-refractivity contribution in [2.24, 2.45) is 0 Å². The smallest absolute Gasteiger partial charge is 0.230 e. The summed E-state index contributed by atoms with van der Waals surface area (Å²) in [5.74, 6) is 2.69. The van der Waals surface area contributed by atoms with Crippen molar-refractivity contribution in [3.8, 4) is 11.5 Å². The Morgan fingerprint density at radius 1 is 1.21 bits per heavy atom. The van der Waals surface area contributed by atoms with Crippen molar-refractivity contribution in [2.75, 3.05) is 12.9 Å². The maximum absolute atomic E-state index is 12.3. The molecule has 158 valence electrons. The van der Waals surface area contributed by atoms with Crippen LogP contribution in [0, 0.1) is 0 Å². The van der Waals surface area contributed by atoms with Crippen molar-refractivity contribution in [1.82, 2.24) is 20.1 Å². The number of methoxy groups -OCH3 is 1. The van der Waals surface area contributed by atoms with Gasteiger partial charge >= 0.3 is 0 Å². The number of benzene rings is 1. The standard InChI is InChI=1S/C21H30N4O3S/c1-4-25-20(15(2)28-18-12-10-17(27-3)11-13-18)23-24-21(25)29-14-19(26)22-16-8-6-5-7-9-16/h10-13,15-16H,4-9,14H2,1-3H3,(H,22,26). The van der Waals surface area contributed by atoms with Crippen LogP contribution in [0.2, 0.25) is 0 Å². The van der Waals surface area contributed by atoms with E-state index in [-0.39, 0.29) is 12.0 Å². The van der Waals surface area contributed by atoms with Crippen molar-refractivity contribution in [1.29, 1.82) is 0 Å². The van der Waals surface area contributed by atoms with Crippen LogP contribution in [-0.4, -0.2) is 39.6 Å². The van der Waals surface area contributed by atoms with Gasteiger partial charge in [0, 0.05) is 12.6 Å². The molecule has 1 unspecified atom stereocenters. The summed E-state index contributed by atoms with van der Waals surface area (Å²) < 4.78 is 13.2. The number of nitrogens with zero attached hydrogens (tertiary/aromatic N) is 3. The lowest BCUT2D eigenvalue weighted by molar-refractivity contribution is -0.119. The lowest BCUT2D eigenvalue weighted by Crippen LogP contribution is -2.37. The highest BCUT2D eigenvalue weighted by Crippen LogP contribution is 2.26. The SMILES string of the molecule is CCn1c(SCC(=O)NC2CCCCC2)nnc1C(C)Oc1ccc(OC)cc1. The molecule has 0 saturated heterocycles. The minimum absolute atomic E-state index is 0.0663. The number of carbonyl (C=O) groups excluding carboxylic acids is 1. The van der Waals surface area contributed by atoms with Crippen LogP contribution in [0.1, 0.15) is 57.9 Å². The maximum Gasteiger partial charge on any atom is 0.230 e. The minimum Gasteiger partial charge on any atom is -0.497 e. The number of hydrogen-bond donors (Lipinski definition) is 1. The Morgan fingerprint density at radius 3 is 2.55 bits per heavy atom. The Morgan fingerprint density at radius 2 is 1.90 bits per heavy atom. The second-order valence-electron chi connectivity index (χ2n) is 7.21. The van der Waals surface area contributed by atoms with Crippen LogP contribution in [0.3, 0.4) is 0 Å². The van der Waals surface area contributed by atoms with Gasteiger partial charge in [-0.1, -0.05) is 31.0 Å². The van der Waals surface area contributed by atoms with E-state index in [1.807, 2.05) is 42.7 Å². The van der Waals surface area contributed by atoms with E-state index in [0.29, 0.717) is 18.3 Å². The summed E-state index contributed by atoms with van der Waals surface area (Å²) in [6.07, 6.45) is 5.61. The number of rotatable bonds is 9. The van der Waals surface area contributed by atoms with Crippen molar-refractivity contribution in [2.45, 2.75) is 69.8 Å². The molecule has 0 radical (unpaired) electrons. The zero-order valence-electron chi connectivity index (χ0n) is 17.4. The molecule has 1 aromatic heterocycles. The van der Waals surface area contributed by atoms with Gasteiger partial charge in [-0.2, -0.15) is 0 Å². The van der Waals surface area contributed by atoms with Crippen molar-refractivity contribution < 1.29 is 14.3 Å². The van der Waals surface area contributed by atoms with E-state index in [1.54, 1.807) is 7.11 Å². The Bertz CT molecular complexity index is 788. The zero-order chi connectivity index (χ0) is 20.6. The lowest BCUT2D eigenvalue weighted by atomic mass is 9.95. The monoisotopic (exact) mass is 418 g/mol. The Labute approximate surface area is 176 Å². The fourth-order valence-corrected chi connectivity index (χ4v) is 4.38. The first-order valence-corrected chi connectivity index (χ1v) is 11.2. The summed E-state index contributed by atoms with van der Waals surface area (Å²) in [4.78, 5) is 12.3. The Kier molecular flexibility index (Phi) is 7.80. The average Bonchev–Trinajstić information content (AvgIpc) is 3.16. The molecule has 1 fully saturated rings. The van der Waals surface area contributed by atoms with Gasteiger partial charge in [0.1, 0.15) is 11.5 Å². The molecule has 8 heteroatoms. The van der Waals surface area contributed by atoms with Gasteiger partial charge in [-0.3, -0.25) is 4.79 Å². The Hall–Kier alpha value is -2.22. The molecular weight excluding hydrogens is 388 g/mol. The second-order valence-corrected chi connectivity index (χ2v) is 8.15. The third kappa shape index (κ3) is 5.88. The molecule has 0 bridgehead atoms. The summed E-state index contributed by atoms with van der Waals surface area (Å²) in [7, 11) is 1.64. The topological polar surface area (TPSA) is 78.3 Å². The van der Waals surface area contributed by atoms with Gasteiger partial charge in [0.05, 0.1) is 12.9 Å². The molecule has 1 atom stereocenters. The van der Waals surface area contributed by atoms with Gasteiger partial charge in [-0.25, -0.2) is 0 Å². The normalized spacial score (nSPS) is 15.7. The molecule has 1 aromatic carbocycles. The van der Waals surface area contributed by atoms with E-state index in [4.69, 9.17) is 9.47 Å². The molecule has 0 aliphatic heterocycles. The van der Waals surface area contributed by atoms with E-state index in [9.17, 15) is 4.79 Å². The van der Waals surface area contributed by atoms with E-state index >= 15 is 0 Å². The largest absolute Gasteiger partial charge is 0.497 e. The van der Waals surface area contributed by atoms with E-state index < -0.39 is 0 Å². The molecule has 7 nitrogen and oxygen atoms in total. The summed E-state index contributed by atoms with van der Waals surface area (Å²) in [5, 5.41) is 12.5. The average molecular weight is 419 g/mol. The predicted molar refractivity (Wildman–Crippen MR) is 113 cm³/mol. The predicted octanol–water partition coefficient (Wildman–Crippen LogP) is 3.99. The first kappa shape index (κ1) is 21.5. The quantitative estimate of drug-likeness (QED) is 0.621. The maximum atomic E-state index is 12.3. The number of thioether (sulfide) groups is 1. The van der Waals surface area contributed by atoms with Crippen LogP contribution in [0.4, 0.5) is 0 Å². The van der Waals surface area contributed by atoms with Crippen LogP contribution in [0.5, 0.6) is 11.5 Å². The zero-order valence-corrected chi connectivity index (χ0v) is 18.2. The third-order valence-electron chi connectivity index (χ3n) is 5.10. The molecule has 1 N–H and O–H groups in total. The first-order valence-electron chi connectivity index (χ1n) is 10.3. The fraction of sp³-hybridized carbons (Fsp3) is 0.571. The molecule has 1 aliphatic rings. The number of carbonyl (C=O) groups is 1. The van der Waals surface area contributed by atoms with Gasteiger partial charge in [-0.15, -0.1) is 10.2 Å². The van der Waals surface area contributed by atoms with Crippen LogP contribution < -0.4 is 14.8 Å². The van der Waals surface area contributed by atoms with Gasteiger partial charge in [0.2, 0.25) is 5.91 Å². The van der Waals surface area contributed by atoms with Gasteiger partial charge in [0.25, 0.3) is 0 Å². The van der Waals surface area contributed by atoms with Crippen LogP contribution in [0.25, 0.3) is 0 Å². The molecule has 29 heavy (non-hydrogen) atoms. The van der Waals surface area contributed by atoms with Gasteiger partial charge in [-0.05, 0) is 51.0 Å². The number of aromatic nitrogens is 3. The summed E-state index contributed by atoms with van der Waals surface area (Å²) >= 11 is 1.42. The molecule has 0 spiro atoms. The second kappa shape index (κ2) is 10.5. The lowest BCUT2D eigenvalue weighted by Gasteiger charge is -2.22.